The molecule has 6 saturated carbocycles. The Labute approximate surface area is 256 Å². The molecule has 0 radical (unpaired) electrons. The molecule has 8 aliphatic carbocycles. The van der Waals surface area contributed by atoms with Crippen molar-refractivity contribution in [3.05, 3.63) is 34.4 Å². The fourth-order valence-electron chi connectivity index (χ4n) is 12.4. The van der Waals surface area contributed by atoms with E-state index in [1.54, 1.807) is 0 Å². The summed E-state index contributed by atoms with van der Waals surface area (Å²) in [6.07, 6.45) is 5.89. The van der Waals surface area contributed by atoms with Crippen molar-refractivity contribution in [2.75, 3.05) is 0 Å². The first-order chi connectivity index (χ1) is 21.6. The normalized spacial score (nSPS) is 64.2. The van der Waals surface area contributed by atoms with Crippen LogP contribution >= 0.6 is 0 Å². The molecule has 0 bridgehead atoms. The highest BCUT2D eigenvalue weighted by molar-refractivity contribution is 6.06. The van der Waals surface area contributed by atoms with Crippen LogP contribution in [0.25, 0.3) is 0 Å². The summed E-state index contributed by atoms with van der Waals surface area (Å²) in [5, 5.41) is 22.3. The van der Waals surface area contributed by atoms with E-state index in [1.165, 1.54) is 16.7 Å². The van der Waals surface area contributed by atoms with Crippen molar-refractivity contribution in [3.63, 3.8) is 0 Å². The van der Waals surface area contributed by atoms with Crippen LogP contribution in [0.5, 0.6) is 0 Å². The average molecular weight is 565 g/mol. The van der Waals surface area contributed by atoms with Crippen LogP contribution in [0.1, 0.15) is 132 Å². The lowest BCUT2D eigenvalue weighted by Gasteiger charge is -2.58. The molecule has 0 amide bonds. The average Bonchev–Trinajstić information content (AvgIpc) is 3.23. The minimum absolute atomic E-state index is 0.00178. The second-order valence-corrected chi connectivity index (χ2v) is 16.4. The first-order valence-corrected chi connectivity index (χ1v) is 16.8. The Morgan fingerprint density at radius 3 is 1.83 bits per heavy atom. The molecule has 0 aromatic carbocycles. The number of fused-ring (bicyclic) bond motifs is 10. The largest absolute Gasteiger partial charge is 0.393 e. The van der Waals surface area contributed by atoms with E-state index in [0.29, 0.717) is 37.0 Å². The van der Waals surface area contributed by atoms with Crippen LogP contribution in [0.4, 0.5) is 0 Å². The van der Waals surface area contributed by atoms with Crippen molar-refractivity contribution in [1.29, 1.82) is 0 Å². The Kier molecular flexibility index (Phi) is 4.68. The summed E-state index contributed by atoms with van der Waals surface area (Å²) in [5.41, 5.74) is 3.07. The Balaban J connectivity index is 1.09. The van der Waals surface area contributed by atoms with Crippen molar-refractivity contribution in [2.24, 2.45) is 57.2 Å². The van der Waals surface area contributed by atoms with E-state index in [-0.39, 0.29) is 47.2 Å². The van der Waals surface area contributed by atoms with E-state index in [2.05, 4.69) is 19.9 Å². The van der Waals surface area contributed by atoms with Crippen LogP contribution < -0.4 is 0 Å². The lowest BCUT2D eigenvalue weighted by atomic mass is 9.46. The number of ketones is 1. The summed E-state index contributed by atoms with van der Waals surface area (Å²) in [5.74, 6) is 1.31. The number of carbonyl (C=O) groups is 1. The number of allylic oxidation sites excluding steroid dienone is 5. The Morgan fingerprint density at radius 1 is 0.707 bits per heavy atom. The molecular formula is C38H54O3. The molecule has 0 aromatic rings. The molecule has 0 unspecified atom stereocenters. The van der Waals surface area contributed by atoms with E-state index >= 15 is 0 Å². The van der Waals surface area contributed by atoms with Gasteiger partial charge in [-0.25, -0.2) is 0 Å². The molecule has 0 aromatic heterocycles. The molecular weight excluding hydrogens is 504 g/mol. The maximum Gasteiger partial charge on any atom is 0.182 e. The molecule has 6 fully saturated rings. The van der Waals surface area contributed by atoms with Crippen molar-refractivity contribution in [2.45, 2.75) is 136 Å². The van der Waals surface area contributed by atoms with Gasteiger partial charge in [-0.15, -0.1) is 0 Å². The quantitative estimate of drug-likeness (QED) is 0.292. The fourth-order valence-corrected chi connectivity index (χ4v) is 12.4. The van der Waals surface area contributed by atoms with Crippen molar-refractivity contribution >= 4 is 5.78 Å². The van der Waals surface area contributed by atoms with Gasteiger partial charge in [-0.1, -0.05) is 44.9 Å². The van der Waals surface area contributed by atoms with Gasteiger partial charge >= 0.3 is 0 Å². The smallest absolute Gasteiger partial charge is 0.182 e. The second kappa shape index (κ2) is 8.93. The van der Waals surface area contributed by atoms with Gasteiger partial charge in [-0.2, -0.15) is 0 Å². The zero-order valence-corrected chi connectivity index (χ0v) is 25.6. The predicted molar refractivity (Wildman–Crippen MR) is 163 cm³/mol. The highest BCUT2D eigenvalue weighted by Gasteiger charge is 2.61. The van der Waals surface area contributed by atoms with Crippen LogP contribution in [0.3, 0.4) is 0 Å². The predicted octanol–water partition coefficient (Wildman–Crippen LogP) is 8.11. The monoisotopic (exact) mass is 564 g/mol. The molecule has 8 aliphatic rings. The number of hydrogen-bond acceptors (Lipinski definition) is 3. The van der Waals surface area contributed by atoms with E-state index < -0.39 is 35.7 Å². The van der Waals surface area contributed by atoms with Gasteiger partial charge in [0.25, 0.3) is 0 Å². The highest BCUT2D eigenvalue weighted by Crippen LogP contribution is 2.68. The van der Waals surface area contributed by atoms with Crippen molar-refractivity contribution in [3.8, 4) is 0 Å². The lowest BCUT2D eigenvalue weighted by Crippen LogP contribution is -2.51. The molecule has 224 valence electrons. The van der Waals surface area contributed by atoms with Crippen LogP contribution in [0, 0.1) is 57.2 Å². The van der Waals surface area contributed by atoms with Gasteiger partial charge < -0.3 is 10.2 Å². The number of aliphatic hydroxyl groups is 2. The molecule has 8 rings (SSSR count). The molecule has 0 aliphatic heterocycles. The van der Waals surface area contributed by atoms with E-state index in [1.807, 2.05) is 19.9 Å². The molecule has 41 heavy (non-hydrogen) atoms. The van der Waals surface area contributed by atoms with E-state index in [4.69, 9.17) is 8.22 Å². The minimum Gasteiger partial charge on any atom is -0.393 e. The molecule has 0 heterocycles. The molecule has 2 N–H and O–H groups in total. The van der Waals surface area contributed by atoms with Gasteiger partial charge in [0.2, 0.25) is 0 Å². The standard InChI is InChI=1S/C38H54O3/c1-35-16-13-22(19-23(35)5-7-25-28-9-11-33(40)36(28,2)17-14-30(25)35)27-21-38(4)24(20-32(27)39)6-8-26-29-10-12-34(41)37(29,3)18-15-31(26)38/h19-20,25-26,28-31,33-34,40-41H,5-18,21H2,1-4H3/b27-22+/t25-,26-,28-,29-,30-,31-,33-,34-,35-,36-,37-,38-/m0/s1/i11D2,12D2,33D,34D. The highest BCUT2D eigenvalue weighted by atomic mass is 16.3. The second-order valence-electron chi connectivity index (χ2n) is 16.4. The zero-order valence-electron chi connectivity index (χ0n) is 31.6. The van der Waals surface area contributed by atoms with Crippen LogP contribution in [-0.2, 0) is 4.79 Å². The summed E-state index contributed by atoms with van der Waals surface area (Å²) in [4.78, 5) is 13.9. The van der Waals surface area contributed by atoms with Crippen molar-refractivity contribution in [1.82, 2.24) is 0 Å². The molecule has 3 heteroatoms. The third-order valence-corrected chi connectivity index (χ3v) is 15.1. The van der Waals surface area contributed by atoms with Gasteiger partial charge in [0.15, 0.2) is 5.78 Å². The zero-order chi connectivity index (χ0) is 34.0. The molecule has 3 nitrogen and oxygen atoms in total. The van der Waals surface area contributed by atoms with Gasteiger partial charge in [0.05, 0.1) is 14.9 Å². The van der Waals surface area contributed by atoms with E-state index in [0.717, 1.165) is 56.9 Å². The number of carbonyl (C=O) groups excluding carboxylic acids is 1. The topological polar surface area (TPSA) is 57.5 Å². The fraction of sp³-hybridized carbons (Fsp3) is 0.816. The molecule has 0 spiro atoms. The number of rotatable bonds is 0. The summed E-state index contributed by atoms with van der Waals surface area (Å²) in [6.45, 7) is 8.62. The summed E-state index contributed by atoms with van der Waals surface area (Å²) in [7, 11) is 0. The van der Waals surface area contributed by atoms with Crippen LogP contribution in [-0.4, -0.2) is 28.2 Å². The van der Waals surface area contributed by atoms with Crippen molar-refractivity contribution < 1.29 is 23.2 Å². The van der Waals surface area contributed by atoms with Gasteiger partial charge in [-0.3, -0.25) is 4.79 Å². The van der Waals surface area contributed by atoms with Gasteiger partial charge in [0.1, 0.15) is 0 Å². The summed E-state index contributed by atoms with van der Waals surface area (Å²) in [6, 6.07) is 0. The first kappa shape index (κ1) is 21.5. The number of hydrogen-bond donors (Lipinski definition) is 2. The lowest BCUT2D eigenvalue weighted by molar-refractivity contribution is -0.113. The third kappa shape index (κ3) is 3.54. The summed E-state index contributed by atoms with van der Waals surface area (Å²) >= 11 is 0. The maximum atomic E-state index is 13.9. The Morgan fingerprint density at radius 2 is 1.24 bits per heavy atom. The first-order valence-electron chi connectivity index (χ1n) is 19.8. The molecule has 12 atom stereocenters. The van der Waals surface area contributed by atoms with Crippen LogP contribution in [0.2, 0.25) is 0 Å². The van der Waals surface area contributed by atoms with Crippen LogP contribution in [0.15, 0.2) is 34.4 Å². The van der Waals surface area contributed by atoms with Gasteiger partial charge in [0, 0.05) is 11.1 Å². The third-order valence-electron chi connectivity index (χ3n) is 15.1. The Hall–Kier alpha value is -1.19. The minimum atomic E-state index is -2.09. The maximum absolute atomic E-state index is 13.9. The summed E-state index contributed by atoms with van der Waals surface area (Å²) < 4.78 is 51.7. The Bertz CT molecular complexity index is 1530. The van der Waals surface area contributed by atoms with E-state index in [9.17, 15) is 15.0 Å². The van der Waals surface area contributed by atoms with Gasteiger partial charge in [-0.05, 0) is 165 Å². The molecule has 0 saturated heterocycles. The SMILES string of the molecule is [2H]C1([2H])C[C@H]2[C@@H]3CCC4=C/C(=C5\C[C@@]6(C)C(=CC5=O)CC[C@@H]5[C@@H]6CC[C@@]6(C)[C@H]5CC([2H])([2H])[C@]6([2H])O)CC[C@]4(C)[C@H]3CC[C@]2(C)[C@@]1([2H])O.